The number of amides is 1. The summed E-state index contributed by atoms with van der Waals surface area (Å²) < 4.78 is 1.07. The summed E-state index contributed by atoms with van der Waals surface area (Å²) in [6.07, 6.45) is 1.92. The molecule has 184 valence electrons. The fourth-order valence-electron chi connectivity index (χ4n) is 3.84. The van der Waals surface area contributed by atoms with Crippen molar-refractivity contribution in [3.05, 3.63) is 90.1 Å². The van der Waals surface area contributed by atoms with E-state index in [0.29, 0.717) is 22.1 Å². The van der Waals surface area contributed by atoms with Crippen LogP contribution in [0.25, 0.3) is 5.69 Å². The average Bonchev–Trinajstić information content (AvgIpc) is 3.28. The number of aryl methyl sites for hydroxylation is 4. The summed E-state index contributed by atoms with van der Waals surface area (Å²) >= 11 is 1.31. The Bertz CT molecular complexity index is 1580. The number of H-pyrrole nitrogens is 1. The van der Waals surface area contributed by atoms with E-state index in [1.54, 1.807) is 24.3 Å². The van der Waals surface area contributed by atoms with Crippen molar-refractivity contribution in [2.75, 3.05) is 5.32 Å². The number of nitrogens with zero attached hydrogens (tertiary/aromatic N) is 4. The van der Waals surface area contributed by atoms with Crippen LogP contribution in [0.15, 0.2) is 51.0 Å². The number of aromatic nitrogens is 4. The molecule has 2 aromatic carbocycles. The van der Waals surface area contributed by atoms with Gasteiger partial charge in [-0.3, -0.25) is 24.9 Å². The zero-order valence-electron chi connectivity index (χ0n) is 20.1. The molecule has 0 saturated carbocycles. The number of carbonyl (C=O) groups is 1. The lowest BCUT2D eigenvalue weighted by atomic mass is 10.0. The van der Waals surface area contributed by atoms with E-state index in [1.165, 1.54) is 17.6 Å². The summed E-state index contributed by atoms with van der Waals surface area (Å²) in [5, 5.41) is 22.7. The van der Waals surface area contributed by atoms with Gasteiger partial charge in [0, 0.05) is 11.8 Å². The van der Waals surface area contributed by atoms with Crippen molar-refractivity contribution in [2.24, 2.45) is 4.99 Å². The number of nitrogens with one attached hydrogen (secondary N) is 2. The van der Waals surface area contributed by atoms with Crippen LogP contribution in [0.3, 0.4) is 0 Å². The molecule has 0 aliphatic rings. The van der Waals surface area contributed by atoms with E-state index in [1.807, 2.05) is 39.8 Å². The number of carbonyl (C=O) groups excluding carboxylic acids is 1. The second kappa shape index (κ2) is 10.1. The van der Waals surface area contributed by atoms with Gasteiger partial charge in [-0.1, -0.05) is 36.0 Å². The molecule has 1 amide bonds. The van der Waals surface area contributed by atoms with Gasteiger partial charge in [-0.2, -0.15) is 0 Å². The van der Waals surface area contributed by atoms with Gasteiger partial charge in [-0.05, 0) is 62.6 Å². The van der Waals surface area contributed by atoms with E-state index >= 15 is 0 Å². The number of hydrogen-bond donors (Lipinski definition) is 3. The van der Waals surface area contributed by atoms with Gasteiger partial charge in [0.2, 0.25) is 11.0 Å². The minimum atomic E-state index is -0.764. The first-order valence-corrected chi connectivity index (χ1v) is 11.9. The number of hydrogen-bond acceptors (Lipinski definition) is 8. The third kappa shape index (κ3) is 5.01. The second-order valence-electron chi connectivity index (χ2n) is 8.19. The van der Waals surface area contributed by atoms with Crippen LogP contribution in [0, 0.1) is 20.8 Å². The van der Waals surface area contributed by atoms with Crippen molar-refractivity contribution >= 4 is 34.3 Å². The van der Waals surface area contributed by atoms with Crippen molar-refractivity contribution in [1.29, 1.82) is 0 Å². The smallest absolute Gasteiger partial charge is 0.335 e. The van der Waals surface area contributed by atoms with E-state index < -0.39 is 17.1 Å². The highest BCUT2D eigenvalue weighted by Gasteiger charge is 2.17. The first-order valence-electron chi connectivity index (χ1n) is 11.1. The molecule has 0 saturated heterocycles. The van der Waals surface area contributed by atoms with Crippen molar-refractivity contribution in [3.8, 4) is 11.6 Å². The molecule has 11 heteroatoms. The third-order valence-electron chi connectivity index (χ3n) is 5.44. The number of aromatic amines is 1. The fraction of sp³-hybridized carbons (Fsp3) is 0.200. The van der Waals surface area contributed by atoms with Crippen molar-refractivity contribution < 1.29 is 9.90 Å². The van der Waals surface area contributed by atoms with E-state index in [-0.39, 0.29) is 11.5 Å². The lowest BCUT2D eigenvalue weighted by Gasteiger charge is -2.15. The van der Waals surface area contributed by atoms with Crippen LogP contribution in [-0.4, -0.2) is 37.0 Å². The second-order valence-corrected chi connectivity index (χ2v) is 9.26. The number of aromatic hydroxyl groups is 1. The van der Waals surface area contributed by atoms with Crippen molar-refractivity contribution in [3.63, 3.8) is 0 Å². The van der Waals surface area contributed by atoms with Crippen LogP contribution >= 0.6 is 11.3 Å². The average molecular weight is 505 g/mol. The molecule has 2 aromatic heterocycles. The minimum absolute atomic E-state index is 0.168. The van der Waals surface area contributed by atoms with E-state index in [4.69, 9.17) is 0 Å². The zero-order valence-corrected chi connectivity index (χ0v) is 20.9. The normalized spacial score (nSPS) is 11.2. The maximum absolute atomic E-state index is 12.6. The molecule has 0 unspecified atom stereocenters. The first-order chi connectivity index (χ1) is 17.2. The van der Waals surface area contributed by atoms with E-state index in [9.17, 15) is 19.5 Å². The van der Waals surface area contributed by atoms with Gasteiger partial charge in [0.25, 0.3) is 11.5 Å². The third-order valence-corrected chi connectivity index (χ3v) is 6.42. The van der Waals surface area contributed by atoms with Crippen LogP contribution in [0.4, 0.5) is 10.8 Å². The Kier molecular flexibility index (Phi) is 6.93. The summed E-state index contributed by atoms with van der Waals surface area (Å²) in [4.78, 5) is 44.0. The molecule has 10 nitrogen and oxygen atoms in total. The van der Waals surface area contributed by atoms with Crippen LogP contribution < -0.4 is 16.6 Å². The summed E-state index contributed by atoms with van der Waals surface area (Å²) in [7, 11) is 0. The minimum Gasteiger partial charge on any atom is -0.493 e. The lowest BCUT2D eigenvalue weighted by molar-refractivity contribution is 0.102. The zero-order chi connectivity index (χ0) is 26.0. The topological polar surface area (TPSA) is 142 Å². The van der Waals surface area contributed by atoms with Crippen LogP contribution in [-0.2, 0) is 6.42 Å². The summed E-state index contributed by atoms with van der Waals surface area (Å²) in [6.45, 7) is 7.54. The number of rotatable bonds is 6. The molecule has 36 heavy (non-hydrogen) atoms. The molecule has 0 atom stereocenters. The number of anilines is 1. The highest BCUT2D eigenvalue weighted by molar-refractivity contribution is 7.15. The van der Waals surface area contributed by atoms with Gasteiger partial charge >= 0.3 is 5.69 Å². The molecule has 2 heterocycles. The molecule has 0 spiro atoms. The lowest BCUT2D eigenvalue weighted by Crippen LogP contribution is -2.32. The van der Waals surface area contributed by atoms with Gasteiger partial charge < -0.3 is 5.11 Å². The molecular weight excluding hydrogens is 480 g/mol. The molecule has 0 radical (unpaired) electrons. The van der Waals surface area contributed by atoms with Crippen molar-refractivity contribution in [1.82, 2.24) is 19.7 Å². The van der Waals surface area contributed by atoms with Gasteiger partial charge in [0.15, 0.2) is 0 Å². The molecular formula is C25H24N6O4S. The fourth-order valence-corrected chi connectivity index (χ4v) is 4.52. The summed E-state index contributed by atoms with van der Waals surface area (Å²) in [5.74, 6) is -0.851. The Morgan fingerprint density at radius 1 is 1.14 bits per heavy atom. The molecule has 4 aromatic rings. The Balaban J connectivity index is 1.61. The SMILES string of the molecule is CCc1nnc(NC(=O)c2ccc(N=Cc3c(O)n(-c4c(C)cc(C)cc4C)c(=O)[nH]c3=O)cc2)s1. The Morgan fingerprint density at radius 3 is 2.42 bits per heavy atom. The molecule has 0 bridgehead atoms. The highest BCUT2D eigenvalue weighted by Crippen LogP contribution is 2.24. The van der Waals surface area contributed by atoms with Crippen LogP contribution in [0.2, 0.25) is 0 Å². The molecule has 0 fully saturated rings. The predicted molar refractivity (Wildman–Crippen MR) is 139 cm³/mol. The van der Waals surface area contributed by atoms with Gasteiger partial charge in [0.05, 0.1) is 11.4 Å². The monoisotopic (exact) mass is 504 g/mol. The van der Waals surface area contributed by atoms with Gasteiger partial charge in [0.1, 0.15) is 10.6 Å². The highest BCUT2D eigenvalue weighted by atomic mass is 32.1. The standard InChI is InChI=1S/C25H24N6O4S/c1-5-19-29-30-24(36-19)27-21(32)16-6-8-17(9-7-16)26-12-18-22(33)28-25(35)31(23(18)34)20-14(3)10-13(2)11-15(20)4/h6-12,34H,5H2,1-4H3,(H,27,30,32)(H,28,33,35). The van der Waals surface area contributed by atoms with Gasteiger partial charge in [-0.25, -0.2) is 9.36 Å². The number of aliphatic imine (C=N–C) groups is 1. The Labute approximate surface area is 210 Å². The van der Waals surface area contributed by atoms with Gasteiger partial charge in [-0.15, -0.1) is 10.2 Å². The first kappa shape index (κ1) is 24.7. The van der Waals surface area contributed by atoms with E-state index in [2.05, 4.69) is 25.5 Å². The largest absolute Gasteiger partial charge is 0.493 e. The maximum atomic E-state index is 12.6. The molecule has 4 rings (SSSR count). The molecule has 0 aliphatic heterocycles. The molecule has 0 aliphatic carbocycles. The summed E-state index contributed by atoms with van der Waals surface area (Å²) in [5.41, 5.74) is 2.20. The predicted octanol–water partition coefficient (Wildman–Crippen LogP) is 3.57. The van der Waals surface area contributed by atoms with E-state index in [0.717, 1.165) is 32.7 Å². The molecule has 3 N–H and O–H groups in total. The van der Waals surface area contributed by atoms with Crippen LogP contribution in [0.1, 0.15) is 44.5 Å². The summed E-state index contributed by atoms with van der Waals surface area (Å²) in [6, 6.07) is 10.1. The van der Waals surface area contributed by atoms with Crippen molar-refractivity contribution in [2.45, 2.75) is 34.1 Å². The Morgan fingerprint density at radius 2 is 1.81 bits per heavy atom. The van der Waals surface area contributed by atoms with Crippen LogP contribution in [0.5, 0.6) is 5.88 Å². The quantitative estimate of drug-likeness (QED) is 0.343. The number of benzene rings is 2. The maximum Gasteiger partial charge on any atom is 0.335 e. The Hall–Kier alpha value is -4.38.